The van der Waals surface area contributed by atoms with Crippen molar-refractivity contribution in [3.05, 3.63) is 76.1 Å². The second kappa shape index (κ2) is 12.6. The van der Waals surface area contributed by atoms with Gasteiger partial charge in [-0.2, -0.15) is 0 Å². The number of imidazole rings is 2. The fourth-order valence-corrected chi connectivity index (χ4v) is 4.10. The van der Waals surface area contributed by atoms with Crippen LogP contribution in [0.2, 0.25) is 0 Å². The average Bonchev–Trinajstić information content (AvgIpc) is 3.45. The summed E-state index contributed by atoms with van der Waals surface area (Å²) < 4.78 is 11.4. The van der Waals surface area contributed by atoms with Gasteiger partial charge in [-0.25, -0.2) is 19.4 Å². The van der Waals surface area contributed by atoms with Crippen molar-refractivity contribution in [3.63, 3.8) is 0 Å². The van der Waals surface area contributed by atoms with E-state index in [0.717, 1.165) is 15.6 Å². The van der Waals surface area contributed by atoms with E-state index < -0.39 is 41.8 Å². The highest BCUT2D eigenvalue weighted by Crippen LogP contribution is 2.18. The minimum absolute atomic E-state index is 0.122. The molecule has 2 aromatic heterocycles. The Morgan fingerprint density at radius 2 is 1.83 bits per heavy atom. The Morgan fingerprint density at radius 1 is 1.07 bits per heavy atom. The first-order chi connectivity index (χ1) is 19.9. The standard InChI is InChI=1S/C29H34N6O7/c1-17(26(38)42-29(2,3)4)30-28(40)41-16-18-8-7-9-19(14-18)31-24(36)15-35-25(37)22(34-27(35)39)12-13-23-32-20-10-5-6-11-21(20)33-23/h5-11,14,17,37H,12-13,15-16H2,1-4H3,(H,30,40)(H,31,36)(H,32,33)(H,34,39)/t17-/m0/s1. The van der Waals surface area contributed by atoms with Gasteiger partial charge in [0.15, 0.2) is 0 Å². The fourth-order valence-electron chi connectivity index (χ4n) is 4.10. The Balaban J connectivity index is 1.29. The number of carbonyl (C=O) groups is 3. The Labute approximate surface area is 241 Å². The molecule has 42 heavy (non-hydrogen) atoms. The van der Waals surface area contributed by atoms with Gasteiger partial charge >= 0.3 is 17.8 Å². The number of aryl methyl sites for hydroxylation is 2. The zero-order chi connectivity index (χ0) is 30.4. The zero-order valence-corrected chi connectivity index (χ0v) is 23.8. The summed E-state index contributed by atoms with van der Waals surface area (Å²) in [7, 11) is 0. The number of esters is 1. The molecule has 5 N–H and O–H groups in total. The molecule has 2 amide bonds. The molecule has 2 heterocycles. The number of hydrogen-bond acceptors (Lipinski definition) is 8. The molecule has 0 aliphatic carbocycles. The molecule has 0 unspecified atom stereocenters. The molecule has 0 saturated heterocycles. The van der Waals surface area contributed by atoms with Gasteiger partial charge in [-0.15, -0.1) is 0 Å². The quantitative estimate of drug-likeness (QED) is 0.178. The first-order valence-electron chi connectivity index (χ1n) is 13.4. The summed E-state index contributed by atoms with van der Waals surface area (Å²) in [6.45, 7) is 6.13. The summed E-state index contributed by atoms with van der Waals surface area (Å²) in [6, 6.07) is 13.3. The smallest absolute Gasteiger partial charge is 0.408 e. The molecule has 13 nitrogen and oxygen atoms in total. The number of aromatic nitrogens is 4. The summed E-state index contributed by atoms with van der Waals surface area (Å²) in [6.07, 6.45) is -0.0516. The number of H-pyrrole nitrogens is 2. The van der Waals surface area contributed by atoms with Gasteiger partial charge in [0.05, 0.1) is 16.7 Å². The van der Waals surface area contributed by atoms with E-state index in [0.29, 0.717) is 35.6 Å². The number of para-hydroxylation sites is 2. The number of nitrogens with one attached hydrogen (secondary N) is 4. The third kappa shape index (κ3) is 7.99. The minimum Gasteiger partial charge on any atom is -0.493 e. The van der Waals surface area contributed by atoms with Crippen LogP contribution in [0, 0.1) is 0 Å². The van der Waals surface area contributed by atoms with Gasteiger partial charge in [-0.1, -0.05) is 24.3 Å². The number of fused-ring (bicyclic) bond motifs is 1. The normalized spacial score (nSPS) is 12.1. The van der Waals surface area contributed by atoms with Gasteiger partial charge in [-0.05, 0) is 63.9 Å². The van der Waals surface area contributed by atoms with E-state index in [9.17, 15) is 24.3 Å². The molecule has 2 aromatic carbocycles. The molecule has 0 aliphatic rings. The van der Waals surface area contributed by atoms with Crippen molar-refractivity contribution in [3.8, 4) is 5.88 Å². The monoisotopic (exact) mass is 578 g/mol. The van der Waals surface area contributed by atoms with Crippen molar-refractivity contribution in [2.24, 2.45) is 0 Å². The van der Waals surface area contributed by atoms with Gasteiger partial charge in [0.2, 0.25) is 11.8 Å². The van der Waals surface area contributed by atoms with Crippen LogP contribution in [0.1, 0.15) is 44.8 Å². The van der Waals surface area contributed by atoms with Gasteiger partial charge in [0, 0.05) is 12.1 Å². The van der Waals surface area contributed by atoms with E-state index in [1.54, 1.807) is 45.0 Å². The van der Waals surface area contributed by atoms with Crippen LogP contribution in [0.4, 0.5) is 10.5 Å². The molecule has 1 atom stereocenters. The van der Waals surface area contributed by atoms with Crippen LogP contribution in [-0.2, 0) is 45.1 Å². The second-order valence-electron chi connectivity index (χ2n) is 10.7. The number of anilines is 1. The van der Waals surface area contributed by atoms with E-state index in [2.05, 4.69) is 25.6 Å². The van der Waals surface area contributed by atoms with Gasteiger partial charge in [0.25, 0.3) is 0 Å². The molecule has 0 spiro atoms. The van der Waals surface area contributed by atoms with Crippen molar-refractivity contribution < 1.29 is 29.0 Å². The Morgan fingerprint density at radius 3 is 2.57 bits per heavy atom. The summed E-state index contributed by atoms with van der Waals surface area (Å²) in [5, 5.41) is 15.7. The number of benzene rings is 2. The minimum atomic E-state index is -0.901. The fraction of sp³-hybridized carbons (Fsp3) is 0.345. The zero-order valence-electron chi connectivity index (χ0n) is 23.8. The van der Waals surface area contributed by atoms with Gasteiger partial charge in [-0.3, -0.25) is 9.36 Å². The van der Waals surface area contributed by atoms with Crippen LogP contribution < -0.4 is 16.3 Å². The highest BCUT2D eigenvalue weighted by atomic mass is 16.6. The molecule has 4 aromatic rings. The van der Waals surface area contributed by atoms with E-state index in [-0.39, 0.29) is 12.5 Å². The molecule has 0 aliphatic heterocycles. The van der Waals surface area contributed by atoms with Crippen LogP contribution in [0.5, 0.6) is 5.88 Å². The van der Waals surface area contributed by atoms with E-state index >= 15 is 0 Å². The number of hydrogen-bond donors (Lipinski definition) is 5. The Bertz CT molecular complexity index is 1610. The first kappa shape index (κ1) is 29.9. The lowest BCUT2D eigenvalue weighted by Gasteiger charge is -2.22. The summed E-state index contributed by atoms with van der Waals surface area (Å²) in [5.41, 5.74) is 1.69. The molecule has 0 saturated carbocycles. The van der Waals surface area contributed by atoms with Gasteiger partial charge in [0.1, 0.15) is 30.6 Å². The van der Waals surface area contributed by atoms with E-state index in [1.165, 1.54) is 6.92 Å². The molecule has 222 valence electrons. The lowest BCUT2D eigenvalue weighted by molar-refractivity contribution is -0.156. The summed E-state index contributed by atoms with van der Waals surface area (Å²) >= 11 is 0. The number of ether oxygens (including phenoxy) is 2. The second-order valence-corrected chi connectivity index (χ2v) is 10.7. The molecular formula is C29H34N6O7. The van der Waals surface area contributed by atoms with Crippen molar-refractivity contribution in [2.45, 2.75) is 65.3 Å². The number of carbonyl (C=O) groups excluding carboxylic acids is 3. The highest BCUT2D eigenvalue weighted by molar-refractivity contribution is 5.90. The number of nitrogens with zero attached hydrogens (tertiary/aromatic N) is 2. The van der Waals surface area contributed by atoms with E-state index in [1.807, 2.05) is 24.3 Å². The molecule has 0 bridgehead atoms. The SMILES string of the molecule is C[C@H](NC(=O)OCc1cccc(NC(=O)Cn2c(O)c(CCc3nc4ccccc4[nH]3)[nH]c2=O)c1)C(=O)OC(C)(C)C. The number of aromatic amines is 2. The molecule has 0 radical (unpaired) electrons. The van der Waals surface area contributed by atoms with Crippen LogP contribution in [-0.4, -0.2) is 54.2 Å². The van der Waals surface area contributed by atoms with Crippen molar-refractivity contribution in [1.29, 1.82) is 0 Å². The molecule has 4 rings (SSSR count). The molecule has 13 heteroatoms. The largest absolute Gasteiger partial charge is 0.493 e. The van der Waals surface area contributed by atoms with Crippen molar-refractivity contribution >= 4 is 34.7 Å². The van der Waals surface area contributed by atoms with Crippen molar-refractivity contribution in [2.75, 3.05) is 5.32 Å². The Kier molecular flexibility index (Phi) is 8.99. The topological polar surface area (TPSA) is 180 Å². The van der Waals surface area contributed by atoms with Crippen LogP contribution >= 0.6 is 0 Å². The van der Waals surface area contributed by atoms with E-state index in [4.69, 9.17) is 9.47 Å². The van der Waals surface area contributed by atoms with Crippen LogP contribution in [0.25, 0.3) is 11.0 Å². The Hall–Kier alpha value is -5.07. The van der Waals surface area contributed by atoms with Gasteiger partial charge < -0.3 is 35.2 Å². The first-order valence-corrected chi connectivity index (χ1v) is 13.4. The number of alkyl carbamates (subject to hydrolysis) is 1. The highest BCUT2D eigenvalue weighted by Gasteiger charge is 2.23. The lowest BCUT2D eigenvalue weighted by Crippen LogP contribution is -2.42. The third-order valence-corrected chi connectivity index (χ3v) is 6.06. The third-order valence-electron chi connectivity index (χ3n) is 6.06. The maximum Gasteiger partial charge on any atom is 0.408 e. The van der Waals surface area contributed by atoms with Crippen LogP contribution in [0.3, 0.4) is 0 Å². The predicted octanol–water partition coefficient (Wildman–Crippen LogP) is 3.14. The number of amides is 2. The predicted molar refractivity (Wildman–Crippen MR) is 154 cm³/mol. The molecular weight excluding hydrogens is 544 g/mol. The summed E-state index contributed by atoms with van der Waals surface area (Å²) in [5.74, 6) is -0.742. The van der Waals surface area contributed by atoms with Crippen molar-refractivity contribution in [1.82, 2.24) is 24.8 Å². The maximum absolute atomic E-state index is 12.7. The average molecular weight is 579 g/mol. The number of aromatic hydroxyl groups is 1. The summed E-state index contributed by atoms with van der Waals surface area (Å²) in [4.78, 5) is 59.6. The number of rotatable bonds is 10. The molecule has 0 fully saturated rings. The van der Waals surface area contributed by atoms with Crippen LogP contribution in [0.15, 0.2) is 53.3 Å². The lowest BCUT2D eigenvalue weighted by atomic mass is 10.2. The maximum atomic E-state index is 12.7.